The van der Waals surface area contributed by atoms with Crippen molar-refractivity contribution in [3.05, 3.63) is 35.6 Å². The zero-order valence-electron chi connectivity index (χ0n) is 8.18. The van der Waals surface area contributed by atoms with Gasteiger partial charge in [-0.3, -0.25) is 0 Å². The van der Waals surface area contributed by atoms with Gasteiger partial charge in [-0.1, -0.05) is 26.0 Å². The van der Waals surface area contributed by atoms with Gasteiger partial charge in [-0.25, -0.2) is 4.39 Å². The molecule has 1 saturated carbocycles. The molecule has 0 aliphatic heterocycles. The predicted molar refractivity (Wildman–Crippen MR) is 52.2 cm³/mol. The van der Waals surface area contributed by atoms with Crippen LogP contribution in [0.2, 0.25) is 0 Å². The van der Waals surface area contributed by atoms with Crippen molar-refractivity contribution in [3.8, 4) is 0 Å². The monoisotopic (exact) mass is 178 g/mol. The smallest absolute Gasteiger partial charge is 0.123 e. The van der Waals surface area contributed by atoms with Crippen LogP contribution in [0.3, 0.4) is 0 Å². The number of hydrogen-bond acceptors (Lipinski definition) is 0. The summed E-state index contributed by atoms with van der Waals surface area (Å²) in [5, 5.41) is 0. The number of hydrogen-bond donors (Lipinski definition) is 0. The highest BCUT2D eigenvalue weighted by molar-refractivity contribution is 5.32. The van der Waals surface area contributed by atoms with Crippen molar-refractivity contribution >= 4 is 0 Å². The molecule has 0 heterocycles. The quantitative estimate of drug-likeness (QED) is 0.650. The van der Waals surface area contributed by atoms with Crippen LogP contribution < -0.4 is 0 Å². The summed E-state index contributed by atoms with van der Waals surface area (Å²) < 4.78 is 13.0. The van der Waals surface area contributed by atoms with E-state index >= 15 is 0 Å². The van der Waals surface area contributed by atoms with Crippen LogP contribution in [0.1, 0.15) is 32.3 Å². The van der Waals surface area contributed by atoms with E-state index in [-0.39, 0.29) is 5.82 Å². The van der Waals surface area contributed by atoms with E-state index in [1.54, 1.807) is 6.07 Å². The minimum absolute atomic E-state index is 0.107. The van der Waals surface area contributed by atoms with E-state index in [0.29, 0.717) is 11.3 Å². The van der Waals surface area contributed by atoms with Gasteiger partial charge in [0.1, 0.15) is 5.82 Å². The highest BCUT2D eigenvalue weighted by atomic mass is 19.1. The Hall–Kier alpha value is -0.850. The Labute approximate surface area is 78.8 Å². The highest BCUT2D eigenvalue weighted by Gasteiger charge is 2.46. The Balaban J connectivity index is 2.35. The van der Waals surface area contributed by atoms with Gasteiger partial charge in [0.05, 0.1) is 0 Å². The van der Waals surface area contributed by atoms with Gasteiger partial charge >= 0.3 is 0 Å². The third kappa shape index (κ3) is 1.37. The van der Waals surface area contributed by atoms with Gasteiger partial charge in [0, 0.05) is 0 Å². The van der Waals surface area contributed by atoms with Gasteiger partial charge in [-0.05, 0) is 41.9 Å². The second-order valence-corrected chi connectivity index (χ2v) is 4.32. The van der Waals surface area contributed by atoms with Crippen molar-refractivity contribution in [2.45, 2.75) is 32.1 Å². The summed E-state index contributed by atoms with van der Waals surface area (Å²) in [4.78, 5) is 0. The molecule has 1 aromatic rings. The van der Waals surface area contributed by atoms with Crippen LogP contribution in [0.15, 0.2) is 24.3 Å². The van der Waals surface area contributed by atoms with E-state index in [1.807, 2.05) is 6.07 Å². The summed E-state index contributed by atoms with van der Waals surface area (Å²) in [6.07, 6.45) is 2.43. The lowest BCUT2D eigenvalue weighted by atomic mass is 9.85. The molecule has 2 rings (SSSR count). The molecule has 0 aromatic heterocycles. The van der Waals surface area contributed by atoms with Crippen LogP contribution >= 0.6 is 0 Å². The van der Waals surface area contributed by atoms with Crippen molar-refractivity contribution in [2.75, 3.05) is 0 Å². The summed E-state index contributed by atoms with van der Waals surface area (Å²) in [7, 11) is 0. The third-order valence-corrected chi connectivity index (χ3v) is 3.29. The van der Waals surface area contributed by atoms with Crippen molar-refractivity contribution < 1.29 is 4.39 Å². The predicted octanol–water partition coefficient (Wildman–Crippen LogP) is 3.51. The maximum atomic E-state index is 13.0. The van der Waals surface area contributed by atoms with E-state index in [0.717, 1.165) is 0 Å². The van der Waals surface area contributed by atoms with Crippen LogP contribution in [0.5, 0.6) is 0 Å². The maximum absolute atomic E-state index is 13.0. The Bertz CT molecular complexity index is 311. The van der Waals surface area contributed by atoms with Gasteiger partial charge in [0.2, 0.25) is 0 Å². The number of rotatable bonds is 2. The fourth-order valence-electron chi connectivity index (χ4n) is 2.13. The minimum atomic E-state index is -0.107. The van der Waals surface area contributed by atoms with Crippen LogP contribution in [-0.4, -0.2) is 0 Å². The van der Waals surface area contributed by atoms with Gasteiger partial charge in [-0.15, -0.1) is 0 Å². The summed E-state index contributed by atoms with van der Waals surface area (Å²) in [5.41, 5.74) is 1.48. The maximum Gasteiger partial charge on any atom is 0.123 e. The molecule has 0 saturated heterocycles. The molecule has 0 atom stereocenters. The molecule has 70 valence electrons. The van der Waals surface area contributed by atoms with E-state index in [4.69, 9.17) is 0 Å². The topological polar surface area (TPSA) is 0 Å². The normalized spacial score (nSPS) is 19.1. The van der Waals surface area contributed by atoms with Crippen LogP contribution in [0.25, 0.3) is 0 Å². The molecule has 0 unspecified atom stereocenters. The highest BCUT2D eigenvalue weighted by Crippen LogP contribution is 2.53. The van der Waals surface area contributed by atoms with E-state index in [2.05, 4.69) is 19.9 Å². The van der Waals surface area contributed by atoms with Crippen molar-refractivity contribution in [1.29, 1.82) is 0 Å². The Morgan fingerprint density at radius 3 is 2.46 bits per heavy atom. The van der Waals surface area contributed by atoms with E-state index in [1.165, 1.54) is 24.5 Å². The lowest BCUT2D eigenvalue weighted by molar-refractivity contribution is 0.478. The molecule has 0 nitrogen and oxygen atoms in total. The Kier molecular flexibility index (Phi) is 1.90. The Morgan fingerprint density at radius 2 is 2.00 bits per heavy atom. The largest absolute Gasteiger partial charge is 0.207 e. The second-order valence-electron chi connectivity index (χ2n) is 4.32. The zero-order chi connectivity index (χ0) is 9.47. The molecule has 1 aliphatic carbocycles. The second kappa shape index (κ2) is 2.83. The van der Waals surface area contributed by atoms with E-state index < -0.39 is 0 Å². The molecular formula is C12H15F. The molecule has 0 amide bonds. The summed E-state index contributed by atoms with van der Waals surface area (Å²) in [5.74, 6) is 0.513. The SMILES string of the molecule is CC(C)C1(c2cccc(F)c2)CC1. The number of benzene rings is 1. The summed E-state index contributed by atoms with van der Waals surface area (Å²) in [6, 6.07) is 7.07. The van der Waals surface area contributed by atoms with E-state index in [9.17, 15) is 4.39 Å². The first-order chi connectivity index (χ1) is 6.15. The molecule has 1 fully saturated rings. The Morgan fingerprint density at radius 1 is 1.31 bits per heavy atom. The standard InChI is InChI=1S/C12H15F/c1-9(2)12(6-7-12)10-4-3-5-11(13)8-10/h3-5,8-9H,6-7H2,1-2H3. The van der Waals surface area contributed by atoms with Crippen molar-refractivity contribution in [2.24, 2.45) is 5.92 Å². The van der Waals surface area contributed by atoms with Gasteiger partial charge in [-0.2, -0.15) is 0 Å². The minimum Gasteiger partial charge on any atom is -0.207 e. The van der Waals surface area contributed by atoms with Crippen molar-refractivity contribution in [1.82, 2.24) is 0 Å². The molecule has 0 spiro atoms. The molecule has 1 aromatic carbocycles. The van der Waals surface area contributed by atoms with Crippen LogP contribution in [-0.2, 0) is 5.41 Å². The lowest BCUT2D eigenvalue weighted by Gasteiger charge is -2.19. The average Bonchev–Trinajstić information content (AvgIpc) is 2.83. The average molecular weight is 178 g/mol. The molecule has 1 heteroatoms. The fraction of sp³-hybridized carbons (Fsp3) is 0.500. The molecule has 0 radical (unpaired) electrons. The van der Waals surface area contributed by atoms with Gasteiger partial charge < -0.3 is 0 Å². The van der Waals surface area contributed by atoms with Crippen LogP contribution in [0.4, 0.5) is 4.39 Å². The molecule has 0 bridgehead atoms. The summed E-state index contributed by atoms with van der Waals surface area (Å²) >= 11 is 0. The fourth-order valence-corrected chi connectivity index (χ4v) is 2.13. The van der Waals surface area contributed by atoms with Gasteiger partial charge in [0.25, 0.3) is 0 Å². The van der Waals surface area contributed by atoms with Crippen molar-refractivity contribution in [3.63, 3.8) is 0 Å². The zero-order valence-corrected chi connectivity index (χ0v) is 8.18. The van der Waals surface area contributed by atoms with Crippen LogP contribution in [0, 0.1) is 11.7 Å². The first-order valence-corrected chi connectivity index (χ1v) is 4.91. The number of halogens is 1. The molecular weight excluding hydrogens is 163 g/mol. The first-order valence-electron chi connectivity index (χ1n) is 4.91. The molecule has 0 N–H and O–H groups in total. The summed E-state index contributed by atoms with van der Waals surface area (Å²) in [6.45, 7) is 4.44. The lowest BCUT2D eigenvalue weighted by Crippen LogP contribution is -2.14. The third-order valence-electron chi connectivity index (χ3n) is 3.29. The molecule has 13 heavy (non-hydrogen) atoms. The first kappa shape index (κ1) is 8.74. The van der Waals surface area contributed by atoms with Gasteiger partial charge in [0.15, 0.2) is 0 Å². The molecule has 1 aliphatic rings.